The molecule has 1 amide bonds. The Kier molecular flexibility index (Phi) is 5.31. The predicted octanol–water partition coefficient (Wildman–Crippen LogP) is 2.74. The molecule has 4 rings (SSSR count). The molecular formula is C19H20FN5O3. The summed E-state index contributed by atoms with van der Waals surface area (Å²) in [4.78, 5) is 22.9. The highest BCUT2D eigenvalue weighted by Gasteiger charge is 2.31. The van der Waals surface area contributed by atoms with Crippen LogP contribution in [0.1, 0.15) is 37.0 Å². The van der Waals surface area contributed by atoms with Gasteiger partial charge in [0.05, 0.1) is 12.4 Å². The van der Waals surface area contributed by atoms with Crippen molar-refractivity contribution in [2.75, 3.05) is 6.54 Å². The number of piperidine rings is 1. The summed E-state index contributed by atoms with van der Waals surface area (Å²) in [6.07, 6.45) is 7.76. The normalized spacial score (nSPS) is 16.9. The zero-order valence-electron chi connectivity index (χ0n) is 15.2. The Hall–Kier alpha value is -3.23. The van der Waals surface area contributed by atoms with Crippen LogP contribution in [0.4, 0.5) is 4.39 Å². The first-order valence-electron chi connectivity index (χ1n) is 9.15. The number of carbonyl (C=O) groups is 1. The number of ether oxygens (including phenoxy) is 1. The van der Waals surface area contributed by atoms with Gasteiger partial charge in [0.2, 0.25) is 5.91 Å². The molecule has 146 valence electrons. The number of nitrogens with zero attached hydrogens (tertiary/aromatic N) is 5. The van der Waals surface area contributed by atoms with Gasteiger partial charge < -0.3 is 18.7 Å². The van der Waals surface area contributed by atoms with Crippen molar-refractivity contribution in [3.63, 3.8) is 0 Å². The van der Waals surface area contributed by atoms with Crippen molar-refractivity contribution in [3.8, 4) is 5.75 Å². The molecule has 9 heteroatoms. The molecule has 3 heterocycles. The molecule has 0 aliphatic carbocycles. The van der Waals surface area contributed by atoms with Crippen LogP contribution in [0.15, 0.2) is 47.5 Å². The van der Waals surface area contributed by atoms with Gasteiger partial charge in [0.15, 0.2) is 12.4 Å². The summed E-state index contributed by atoms with van der Waals surface area (Å²) in [6, 6.07) is 5.49. The third-order valence-corrected chi connectivity index (χ3v) is 4.66. The van der Waals surface area contributed by atoms with E-state index in [1.165, 1.54) is 24.3 Å². The van der Waals surface area contributed by atoms with Gasteiger partial charge in [0.25, 0.3) is 5.89 Å². The monoisotopic (exact) mass is 385 g/mol. The maximum absolute atomic E-state index is 12.9. The van der Waals surface area contributed by atoms with E-state index in [1.807, 2.05) is 0 Å². The van der Waals surface area contributed by atoms with E-state index in [-0.39, 0.29) is 30.9 Å². The lowest BCUT2D eigenvalue weighted by Crippen LogP contribution is -2.40. The Bertz CT molecular complexity index is 910. The molecule has 1 saturated heterocycles. The van der Waals surface area contributed by atoms with Crippen molar-refractivity contribution in [1.82, 2.24) is 24.6 Å². The van der Waals surface area contributed by atoms with Gasteiger partial charge in [-0.15, -0.1) is 0 Å². The molecule has 0 radical (unpaired) electrons. The van der Waals surface area contributed by atoms with Gasteiger partial charge >= 0.3 is 0 Å². The first kappa shape index (κ1) is 18.1. The van der Waals surface area contributed by atoms with E-state index < -0.39 is 0 Å². The summed E-state index contributed by atoms with van der Waals surface area (Å²) in [5, 5.41) is 4.06. The Morgan fingerprint density at radius 2 is 2.14 bits per heavy atom. The molecule has 3 aromatic rings. The smallest absolute Gasteiger partial charge is 0.264 e. The van der Waals surface area contributed by atoms with Gasteiger partial charge in [-0.2, -0.15) is 4.98 Å². The largest absolute Gasteiger partial charge is 0.484 e. The molecule has 1 aliphatic heterocycles. The van der Waals surface area contributed by atoms with E-state index in [4.69, 9.17) is 9.26 Å². The van der Waals surface area contributed by atoms with Crippen LogP contribution in [0.25, 0.3) is 0 Å². The first-order chi connectivity index (χ1) is 13.7. The summed E-state index contributed by atoms with van der Waals surface area (Å²) in [5.74, 6) is 0.973. The number of likely N-dealkylation sites (tertiary alicyclic amines) is 1. The van der Waals surface area contributed by atoms with E-state index in [2.05, 4.69) is 15.1 Å². The number of imidazole rings is 1. The van der Waals surface area contributed by atoms with Crippen LogP contribution in [0.5, 0.6) is 5.75 Å². The second kappa shape index (κ2) is 8.20. The number of amides is 1. The second-order valence-electron chi connectivity index (χ2n) is 6.62. The van der Waals surface area contributed by atoms with Gasteiger partial charge in [-0.25, -0.2) is 9.37 Å². The highest BCUT2D eigenvalue weighted by Crippen LogP contribution is 2.29. The molecule has 1 atom stereocenters. The lowest BCUT2D eigenvalue weighted by molar-refractivity contribution is -0.136. The maximum atomic E-state index is 12.9. The lowest BCUT2D eigenvalue weighted by atomic mass is 10.0. The number of benzene rings is 1. The molecule has 2 aromatic heterocycles. The van der Waals surface area contributed by atoms with Crippen LogP contribution < -0.4 is 4.74 Å². The van der Waals surface area contributed by atoms with Gasteiger partial charge in [-0.3, -0.25) is 4.79 Å². The number of aromatic nitrogens is 4. The molecule has 0 saturated carbocycles. The third kappa shape index (κ3) is 4.19. The van der Waals surface area contributed by atoms with Crippen molar-refractivity contribution in [2.45, 2.75) is 38.5 Å². The molecular weight excluding hydrogens is 365 g/mol. The summed E-state index contributed by atoms with van der Waals surface area (Å²) in [7, 11) is 0. The number of carbonyl (C=O) groups excluding carboxylic acids is 1. The molecule has 0 bridgehead atoms. The van der Waals surface area contributed by atoms with E-state index in [9.17, 15) is 9.18 Å². The standard InChI is InChI=1S/C19H20FN5O3/c20-14-4-6-15(7-5-14)27-12-17-22-19(23-28-17)16-3-1-2-9-25(16)18(26)11-24-10-8-21-13-24/h4-8,10,13,16H,1-3,9,11-12H2. The first-order valence-corrected chi connectivity index (χ1v) is 9.15. The molecule has 0 N–H and O–H groups in total. The molecule has 1 aromatic carbocycles. The Balaban J connectivity index is 1.41. The number of hydrogen-bond donors (Lipinski definition) is 0. The Labute approximate surface area is 160 Å². The Morgan fingerprint density at radius 1 is 1.29 bits per heavy atom. The van der Waals surface area contributed by atoms with Crippen LogP contribution in [0.2, 0.25) is 0 Å². The van der Waals surface area contributed by atoms with Gasteiger partial charge in [-0.1, -0.05) is 5.16 Å². The molecule has 8 nitrogen and oxygen atoms in total. The van der Waals surface area contributed by atoms with E-state index >= 15 is 0 Å². The van der Waals surface area contributed by atoms with E-state index in [1.54, 1.807) is 28.2 Å². The van der Waals surface area contributed by atoms with Gasteiger partial charge in [-0.05, 0) is 43.5 Å². The minimum atomic E-state index is -0.329. The van der Waals surface area contributed by atoms with Crippen LogP contribution in [0.3, 0.4) is 0 Å². The highest BCUT2D eigenvalue weighted by atomic mass is 19.1. The fourth-order valence-electron chi connectivity index (χ4n) is 3.26. The topological polar surface area (TPSA) is 86.3 Å². The van der Waals surface area contributed by atoms with Crippen LogP contribution in [-0.4, -0.2) is 37.0 Å². The van der Waals surface area contributed by atoms with Crippen molar-refractivity contribution in [1.29, 1.82) is 0 Å². The van der Waals surface area contributed by atoms with E-state index in [0.29, 0.717) is 24.0 Å². The predicted molar refractivity (Wildman–Crippen MR) is 95.6 cm³/mol. The summed E-state index contributed by atoms with van der Waals surface area (Å²) >= 11 is 0. The summed E-state index contributed by atoms with van der Waals surface area (Å²) in [6.45, 7) is 0.970. The van der Waals surface area contributed by atoms with Crippen LogP contribution >= 0.6 is 0 Å². The average Bonchev–Trinajstić information content (AvgIpc) is 3.39. The molecule has 28 heavy (non-hydrogen) atoms. The average molecular weight is 385 g/mol. The zero-order chi connectivity index (χ0) is 19.3. The summed E-state index contributed by atoms with van der Waals surface area (Å²) in [5.41, 5.74) is 0. The molecule has 0 spiro atoms. The van der Waals surface area contributed by atoms with Crippen molar-refractivity contribution >= 4 is 5.91 Å². The zero-order valence-corrected chi connectivity index (χ0v) is 15.2. The van der Waals surface area contributed by atoms with Crippen molar-refractivity contribution in [3.05, 3.63) is 60.5 Å². The van der Waals surface area contributed by atoms with Gasteiger partial charge in [0.1, 0.15) is 18.1 Å². The molecule has 1 fully saturated rings. The third-order valence-electron chi connectivity index (χ3n) is 4.66. The molecule has 1 unspecified atom stereocenters. The Morgan fingerprint density at radius 3 is 2.93 bits per heavy atom. The van der Waals surface area contributed by atoms with Crippen LogP contribution in [-0.2, 0) is 17.9 Å². The van der Waals surface area contributed by atoms with Crippen molar-refractivity contribution < 1.29 is 18.4 Å². The lowest BCUT2D eigenvalue weighted by Gasteiger charge is -2.33. The van der Waals surface area contributed by atoms with Gasteiger partial charge in [0, 0.05) is 18.9 Å². The SMILES string of the molecule is O=C(Cn1ccnc1)N1CCCCC1c1noc(COc2ccc(F)cc2)n1. The minimum absolute atomic E-state index is 0.00314. The fraction of sp³-hybridized carbons (Fsp3) is 0.368. The quantitative estimate of drug-likeness (QED) is 0.649. The fourth-order valence-corrected chi connectivity index (χ4v) is 3.26. The van der Waals surface area contributed by atoms with Crippen LogP contribution in [0, 0.1) is 5.82 Å². The number of hydrogen-bond acceptors (Lipinski definition) is 6. The number of halogens is 1. The maximum Gasteiger partial charge on any atom is 0.264 e. The second-order valence-corrected chi connectivity index (χ2v) is 6.62. The van der Waals surface area contributed by atoms with E-state index in [0.717, 1.165) is 19.3 Å². The molecule has 1 aliphatic rings. The minimum Gasteiger partial charge on any atom is -0.484 e. The summed E-state index contributed by atoms with van der Waals surface area (Å²) < 4.78 is 25.5. The van der Waals surface area contributed by atoms with Crippen molar-refractivity contribution in [2.24, 2.45) is 0 Å². The number of rotatable bonds is 6. The highest BCUT2D eigenvalue weighted by molar-refractivity contribution is 5.76.